The first-order chi connectivity index (χ1) is 11.9. The van der Waals surface area contributed by atoms with Gasteiger partial charge in [0.15, 0.2) is 11.6 Å². The molecule has 3 rings (SSSR count). The molecule has 1 heterocycles. The Morgan fingerprint density at radius 1 is 0.960 bits per heavy atom. The zero-order chi connectivity index (χ0) is 18.0. The number of anilines is 2. The molecular weight excluding hydrogens is 351 g/mol. The van der Waals surface area contributed by atoms with Gasteiger partial charge in [-0.3, -0.25) is 5.32 Å². The van der Waals surface area contributed by atoms with Gasteiger partial charge in [0, 0.05) is 0 Å². The Bertz CT molecular complexity index is 943. The fraction of sp³-hybridized carbons (Fsp3) is 0.0588. The molecule has 0 atom stereocenters. The predicted octanol–water partition coefficient (Wildman–Crippen LogP) is 5.18. The molecule has 0 aliphatic heterocycles. The molecule has 0 bridgehead atoms. The summed E-state index contributed by atoms with van der Waals surface area (Å²) in [6.45, 7) is 1.80. The van der Waals surface area contributed by atoms with Crippen molar-refractivity contribution < 1.29 is 18.0 Å². The third-order valence-electron chi connectivity index (χ3n) is 3.33. The molecule has 0 spiro atoms. The van der Waals surface area contributed by atoms with Crippen LogP contribution in [0.4, 0.5) is 28.7 Å². The normalized spacial score (nSPS) is 10.6. The third kappa shape index (κ3) is 3.97. The number of rotatable bonds is 3. The molecule has 8 heteroatoms. The second-order valence-electron chi connectivity index (χ2n) is 5.15. The van der Waals surface area contributed by atoms with Gasteiger partial charge in [-0.1, -0.05) is 12.1 Å². The van der Waals surface area contributed by atoms with Gasteiger partial charge < -0.3 is 5.32 Å². The molecule has 128 valence electrons. The molecule has 0 radical (unpaired) electrons. The monoisotopic (exact) mass is 363 g/mol. The minimum absolute atomic E-state index is 0.0370. The lowest BCUT2D eigenvalue weighted by atomic mass is 10.0. The lowest BCUT2D eigenvalue weighted by molar-refractivity contribution is 0.262. The summed E-state index contributed by atoms with van der Waals surface area (Å²) in [5, 5.41) is 6.26. The van der Waals surface area contributed by atoms with Crippen LogP contribution in [0.3, 0.4) is 0 Å². The summed E-state index contributed by atoms with van der Waals surface area (Å²) in [5.41, 5.74) is 0.652. The van der Waals surface area contributed by atoms with E-state index in [1.54, 1.807) is 6.92 Å². The number of hydrogen-bond acceptors (Lipinski definition) is 3. The molecule has 0 saturated heterocycles. The summed E-state index contributed by atoms with van der Waals surface area (Å²) in [5.74, 6) is -2.69. The molecule has 2 amide bonds. The van der Waals surface area contributed by atoms with Crippen molar-refractivity contribution in [3.8, 4) is 11.1 Å². The highest BCUT2D eigenvalue weighted by Crippen LogP contribution is 2.26. The SMILES string of the molecule is Cc1ncc(NC(=O)Nc2ccc(-c3ccc(F)c(F)c3)cc2F)s1. The number of hydrogen-bond donors (Lipinski definition) is 2. The third-order valence-corrected chi connectivity index (χ3v) is 4.16. The number of amides is 2. The number of carbonyl (C=O) groups is 1. The number of benzene rings is 2. The first-order valence-electron chi connectivity index (χ1n) is 7.18. The second-order valence-corrected chi connectivity index (χ2v) is 6.38. The molecule has 4 nitrogen and oxygen atoms in total. The van der Waals surface area contributed by atoms with Crippen molar-refractivity contribution in [2.24, 2.45) is 0 Å². The zero-order valence-electron chi connectivity index (χ0n) is 12.9. The summed E-state index contributed by atoms with van der Waals surface area (Å²) >= 11 is 1.29. The zero-order valence-corrected chi connectivity index (χ0v) is 13.8. The quantitative estimate of drug-likeness (QED) is 0.674. The van der Waals surface area contributed by atoms with Crippen molar-refractivity contribution in [3.05, 3.63) is 65.1 Å². The average Bonchev–Trinajstić information content (AvgIpc) is 2.97. The van der Waals surface area contributed by atoms with E-state index in [1.807, 2.05) is 0 Å². The van der Waals surface area contributed by atoms with Crippen LogP contribution in [0.5, 0.6) is 0 Å². The number of halogens is 3. The molecular formula is C17H12F3N3OS. The minimum atomic E-state index is -1.01. The Morgan fingerprint density at radius 2 is 1.64 bits per heavy atom. The Labute approximate surface area is 145 Å². The van der Waals surface area contributed by atoms with Crippen molar-refractivity contribution in [1.29, 1.82) is 0 Å². The van der Waals surface area contributed by atoms with Crippen molar-refractivity contribution >= 4 is 28.1 Å². The molecule has 0 saturated carbocycles. The molecule has 3 aromatic rings. The summed E-state index contributed by atoms with van der Waals surface area (Å²) in [6.07, 6.45) is 1.50. The number of urea groups is 1. The molecule has 2 N–H and O–H groups in total. The molecule has 0 unspecified atom stereocenters. The van der Waals surface area contributed by atoms with Gasteiger partial charge in [-0.05, 0) is 42.3 Å². The van der Waals surface area contributed by atoms with Crippen LogP contribution in [0.1, 0.15) is 5.01 Å². The summed E-state index contributed by atoms with van der Waals surface area (Å²) in [7, 11) is 0. The van der Waals surface area contributed by atoms with E-state index in [0.29, 0.717) is 16.1 Å². The molecule has 1 aromatic heterocycles. The van der Waals surface area contributed by atoms with Gasteiger partial charge in [-0.15, -0.1) is 11.3 Å². The van der Waals surface area contributed by atoms with Crippen LogP contribution in [-0.4, -0.2) is 11.0 Å². The van der Waals surface area contributed by atoms with Crippen LogP contribution >= 0.6 is 11.3 Å². The van der Waals surface area contributed by atoms with Gasteiger partial charge in [0.2, 0.25) is 0 Å². The molecule has 2 aromatic carbocycles. The first kappa shape index (κ1) is 17.0. The van der Waals surface area contributed by atoms with Gasteiger partial charge in [0.25, 0.3) is 0 Å². The van der Waals surface area contributed by atoms with Crippen LogP contribution in [0.25, 0.3) is 11.1 Å². The van der Waals surface area contributed by atoms with Crippen LogP contribution in [-0.2, 0) is 0 Å². The van der Waals surface area contributed by atoms with Crippen LogP contribution in [0.15, 0.2) is 42.6 Å². The minimum Gasteiger partial charge on any atom is -0.305 e. The van der Waals surface area contributed by atoms with Crippen LogP contribution in [0, 0.1) is 24.4 Å². The standard InChI is InChI=1S/C17H12F3N3OS/c1-9-21-8-16(25-9)23-17(24)22-15-5-3-11(7-14(15)20)10-2-4-12(18)13(19)6-10/h2-8H,1H3,(H2,22,23,24). The van der Waals surface area contributed by atoms with Gasteiger partial charge in [-0.25, -0.2) is 22.9 Å². The van der Waals surface area contributed by atoms with E-state index in [-0.39, 0.29) is 5.69 Å². The Kier molecular flexibility index (Phi) is 4.71. The van der Waals surface area contributed by atoms with E-state index in [2.05, 4.69) is 15.6 Å². The Morgan fingerprint density at radius 3 is 2.24 bits per heavy atom. The van der Waals surface area contributed by atoms with Gasteiger partial charge in [0.1, 0.15) is 10.8 Å². The van der Waals surface area contributed by atoms with E-state index in [0.717, 1.165) is 23.2 Å². The maximum Gasteiger partial charge on any atom is 0.324 e. The lowest BCUT2D eigenvalue weighted by Gasteiger charge is -2.09. The molecule has 0 aliphatic rings. The number of carbonyl (C=O) groups excluding carboxylic acids is 1. The molecule has 0 fully saturated rings. The maximum atomic E-state index is 14.2. The predicted molar refractivity (Wildman–Crippen MR) is 91.2 cm³/mol. The average molecular weight is 363 g/mol. The molecule has 0 aliphatic carbocycles. The van der Waals surface area contributed by atoms with Gasteiger partial charge in [0.05, 0.1) is 16.9 Å². The van der Waals surface area contributed by atoms with Gasteiger partial charge >= 0.3 is 6.03 Å². The summed E-state index contributed by atoms with van der Waals surface area (Å²) in [4.78, 5) is 15.9. The van der Waals surface area contributed by atoms with Crippen molar-refractivity contribution in [2.75, 3.05) is 10.6 Å². The number of nitrogens with zero attached hydrogens (tertiary/aromatic N) is 1. The number of aryl methyl sites for hydroxylation is 1. The van der Waals surface area contributed by atoms with E-state index >= 15 is 0 Å². The fourth-order valence-corrected chi connectivity index (χ4v) is 2.83. The van der Waals surface area contributed by atoms with Crippen LogP contribution in [0.2, 0.25) is 0 Å². The highest BCUT2D eigenvalue weighted by molar-refractivity contribution is 7.15. The van der Waals surface area contributed by atoms with E-state index in [1.165, 1.54) is 35.7 Å². The van der Waals surface area contributed by atoms with Gasteiger partial charge in [-0.2, -0.15) is 0 Å². The fourth-order valence-electron chi connectivity index (χ4n) is 2.16. The molecule has 25 heavy (non-hydrogen) atoms. The van der Waals surface area contributed by atoms with Crippen molar-refractivity contribution in [1.82, 2.24) is 4.98 Å². The Balaban J connectivity index is 1.75. The van der Waals surface area contributed by atoms with E-state index in [4.69, 9.17) is 0 Å². The van der Waals surface area contributed by atoms with Crippen molar-refractivity contribution in [3.63, 3.8) is 0 Å². The highest BCUT2D eigenvalue weighted by atomic mass is 32.1. The maximum absolute atomic E-state index is 14.2. The topological polar surface area (TPSA) is 54.0 Å². The lowest BCUT2D eigenvalue weighted by Crippen LogP contribution is -2.19. The van der Waals surface area contributed by atoms with E-state index in [9.17, 15) is 18.0 Å². The summed E-state index contributed by atoms with van der Waals surface area (Å²) in [6, 6.07) is 6.68. The number of nitrogens with one attached hydrogen (secondary N) is 2. The second kappa shape index (κ2) is 6.94. The number of thiazole rings is 1. The van der Waals surface area contributed by atoms with Crippen LogP contribution < -0.4 is 10.6 Å². The smallest absolute Gasteiger partial charge is 0.305 e. The first-order valence-corrected chi connectivity index (χ1v) is 7.99. The Hall–Kier alpha value is -2.87. The van der Waals surface area contributed by atoms with Crippen molar-refractivity contribution in [2.45, 2.75) is 6.92 Å². The van der Waals surface area contributed by atoms with E-state index < -0.39 is 23.5 Å². The summed E-state index contributed by atoms with van der Waals surface area (Å²) < 4.78 is 40.5. The highest BCUT2D eigenvalue weighted by Gasteiger charge is 2.11. The number of aromatic nitrogens is 1. The largest absolute Gasteiger partial charge is 0.324 e.